The Morgan fingerprint density at radius 2 is 1.80 bits per heavy atom. The third-order valence-electron chi connectivity index (χ3n) is 4.60. The Balaban J connectivity index is 1.95. The van der Waals surface area contributed by atoms with E-state index in [0.29, 0.717) is 6.04 Å². The Hall–Kier alpha value is -1.02. The molecule has 2 heteroatoms. The molecule has 1 aliphatic carbocycles. The van der Waals surface area contributed by atoms with Crippen molar-refractivity contribution in [2.45, 2.75) is 52.0 Å². The fourth-order valence-electron chi connectivity index (χ4n) is 3.39. The molecule has 0 heterocycles. The van der Waals surface area contributed by atoms with E-state index in [-0.39, 0.29) is 0 Å². The first-order valence-electron chi connectivity index (χ1n) is 8.29. The molecule has 1 atom stereocenters. The van der Waals surface area contributed by atoms with E-state index in [1.54, 1.807) is 0 Å². The van der Waals surface area contributed by atoms with E-state index in [4.69, 9.17) is 0 Å². The van der Waals surface area contributed by atoms with Gasteiger partial charge in [-0.2, -0.15) is 0 Å². The summed E-state index contributed by atoms with van der Waals surface area (Å²) in [6.07, 6.45) is 6.84. The third kappa shape index (κ3) is 3.99. The Morgan fingerprint density at radius 3 is 2.35 bits per heavy atom. The molecule has 1 N–H and O–H groups in total. The van der Waals surface area contributed by atoms with Gasteiger partial charge in [0.25, 0.3) is 0 Å². The van der Waals surface area contributed by atoms with Gasteiger partial charge in [-0.15, -0.1) is 0 Å². The van der Waals surface area contributed by atoms with Crippen LogP contribution < -0.4 is 10.2 Å². The van der Waals surface area contributed by atoms with Crippen LogP contribution in [0.25, 0.3) is 0 Å². The van der Waals surface area contributed by atoms with Gasteiger partial charge in [0.15, 0.2) is 0 Å². The van der Waals surface area contributed by atoms with Gasteiger partial charge in [0, 0.05) is 25.3 Å². The molecule has 0 aromatic heterocycles. The second kappa shape index (κ2) is 7.68. The van der Waals surface area contributed by atoms with Crippen LogP contribution in [-0.2, 0) is 0 Å². The van der Waals surface area contributed by atoms with Crippen molar-refractivity contribution in [3.63, 3.8) is 0 Å². The molecular weight excluding hydrogens is 244 g/mol. The van der Waals surface area contributed by atoms with E-state index in [9.17, 15) is 0 Å². The minimum absolute atomic E-state index is 0.495. The number of nitrogens with zero attached hydrogens (tertiary/aromatic N) is 1. The number of anilines is 1. The van der Waals surface area contributed by atoms with Gasteiger partial charge in [-0.3, -0.25) is 0 Å². The maximum Gasteiger partial charge on any atom is 0.0363 e. The van der Waals surface area contributed by atoms with Gasteiger partial charge in [-0.05, 0) is 49.4 Å². The maximum absolute atomic E-state index is 3.54. The molecule has 1 aromatic rings. The van der Waals surface area contributed by atoms with Gasteiger partial charge in [0.2, 0.25) is 0 Å². The summed E-state index contributed by atoms with van der Waals surface area (Å²) in [5.74, 6) is 0.907. The SMILES string of the molecule is CCNC(CC)c1ccc(N(C)CC2CCCC2)cc1. The average molecular weight is 274 g/mol. The molecule has 1 aliphatic rings. The number of rotatable bonds is 7. The molecule has 112 valence electrons. The van der Waals surface area contributed by atoms with Crippen LogP contribution in [0.2, 0.25) is 0 Å². The summed E-state index contributed by atoms with van der Waals surface area (Å²) in [4.78, 5) is 2.42. The lowest BCUT2D eigenvalue weighted by atomic mass is 10.0. The topological polar surface area (TPSA) is 15.3 Å². The van der Waals surface area contributed by atoms with Crippen LogP contribution in [0.1, 0.15) is 57.6 Å². The molecule has 0 bridgehead atoms. The molecule has 1 aromatic carbocycles. The van der Waals surface area contributed by atoms with Crippen LogP contribution in [0.4, 0.5) is 5.69 Å². The fourth-order valence-corrected chi connectivity index (χ4v) is 3.39. The summed E-state index contributed by atoms with van der Waals surface area (Å²) in [5, 5.41) is 3.54. The number of hydrogen-bond donors (Lipinski definition) is 1. The lowest BCUT2D eigenvalue weighted by Crippen LogP contribution is -2.24. The summed E-state index contributed by atoms with van der Waals surface area (Å²) in [6.45, 7) is 6.66. The second-order valence-electron chi connectivity index (χ2n) is 6.14. The molecule has 1 fully saturated rings. The van der Waals surface area contributed by atoms with Gasteiger partial charge in [0.05, 0.1) is 0 Å². The number of hydrogen-bond acceptors (Lipinski definition) is 2. The smallest absolute Gasteiger partial charge is 0.0363 e. The molecule has 0 saturated heterocycles. The zero-order valence-electron chi connectivity index (χ0n) is 13.4. The summed E-state index contributed by atoms with van der Waals surface area (Å²) in [6, 6.07) is 9.64. The predicted molar refractivity (Wildman–Crippen MR) is 88.4 cm³/mol. The van der Waals surface area contributed by atoms with Crippen molar-refractivity contribution in [3.05, 3.63) is 29.8 Å². The van der Waals surface area contributed by atoms with Crippen molar-refractivity contribution >= 4 is 5.69 Å². The molecule has 0 aliphatic heterocycles. The fraction of sp³-hybridized carbons (Fsp3) is 0.667. The predicted octanol–water partition coefficient (Wildman–Crippen LogP) is 4.37. The standard InChI is InChI=1S/C18H30N2/c1-4-18(19-5-2)16-10-12-17(13-11-16)20(3)14-15-8-6-7-9-15/h10-13,15,18-19H,4-9,14H2,1-3H3. The maximum atomic E-state index is 3.54. The van der Waals surface area contributed by atoms with Crippen molar-refractivity contribution in [2.75, 3.05) is 25.0 Å². The lowest BCUT2D eigenvalue weighted by molar-refractivity contribution is 0.536. The molecule has 0 spiro atoms. The number of nitrogens with one attached hydrogen (secondary N) is 1. The van der Waals surface area contributed by atoms with Gasteiger partial charge in [-0.25, -0.2) is 0 Å². The van der Waals surface area contributed by atoms with Crippen molar-refractivity contribution < 1.29 is 0 Å². The van der Waals surface area contributed by atoms with Crippen LogP contribution in [0.5, 0.6) is 0 Å². The highest BCUT2D eigenvalue weighted by atomic mass is 15.1. The molecule has 1 unspecified atom stereocenters. The van der Waals surface area contributed by atoms with E-state index in [2.05, 4.69) is 55.4 Å². The Kier molecular flexibility index (Phi) is 5.90. The molecule has 20 heavy (non-hydrogen) atoms. The first kappa shape index (κ1) is 15.4. The molecular formula is C18H30N2. The summed E-state index contributed by atoms with van der Waals surface area (Å²) in [5.41, 5.74) is 2.76. The largest absolute Gasteiger partial charge is 0.374 e. The minimum atomic E-state index is 0.495. The minimum Gasteiger partial charge on any atom is -0.374 e. The van der Waals surface area contributed by atoms with E-state index in [1.807, 2.05) is 0 Å². The third-order valence-corrected chi connectivity index (χ3v) is 4.60. The van der Waals surface area contributed by atoms with Crippen LogP contribution in [0, 0.1) is 5.92 Å². The van der Waals surface area contributed by atoms with E-state index in [0.717, 1.165) is 18.9 Å². The Morgan fingerprint density at radius 1 is 1.15 bits per heavy atom. The van der Waals surface area contributed by atoms with Gasteiger partial charge in [-0.1, -0.05) is 38.8 Å². The molecule has 1 saturated carbocycles. The van der Waals surface area contributed by atoms with Crippen LogP contribution in [0.15, 0.2) is 24.3 Å². The summed E-state index contributed by atoms with van der Waals surface area (Å²) in [7, 11) is 2.23. The molecule has 2 nitrogen and oxygen atoms in total. The monoisotopic (exact) mass is 274 g/mol. The van der Waals surface area contributed by atoms with Crippen molar-refractivity contribution in [1.82, 2.24) is 5.32 Å². The number of benzene rings is 1. The van der Waals surface area contributed by atoms with E-state index < -0.39 is 0 Å². The first-order valence-corrected chi connectivity index (χ1v) is 8.29. The van der Waals surface area contributed by atoms with Gasteiger partial charge in [0.1, 0.15) is 0 Å². The van der Waals surface area contributed by atoms with Crippen molar-refractivity contribution in [2.24, 2.45) is 5.92 Å². The van der Waals surface area contributed by atoms with Crippen molar-refractivity contribution in [3.8, 4) is 0 Å². The highest BCUT2D eigenvalue weighted by molar-refractivity contribution is 5.47. The quantitative estimate of drug-likeness (QED) is 0.794. The Labute approximate surface area is 124 Å². The molecule has 0 amide bonds. The Bertz CT molecular complexity index is 379. The second-order valence-corrected chi connectivity index (χ2v) is 6.14. The van der Waals surface area contributed by atoms with Crippen LogP contribution >= 0.6 is 0 Å². The van der Waals surface area contributed by atoms with E-state index >= 15 is 0 Å². The summed E-state index contributed by atoms with van der Waals surface area (Å²) >= 11 is 0. The van der Waals surface area contributed by atoms with Crippen molar-refractivity contribution in [1.29, 1.82) is 0 Å². The lowest BCUT2D eigenvalue weighted by Gasteiger charge is -2.24. The zero-order valence-corrected chi connectivity index (χ0v) is 13.4. The molecule has 2 rings (SSSR count). The van der Waals surface area contributed by atoms with E-state index in [1.165, 1.54) is 43.5 Å². The van der Waals surface area contributed by atoms with Gasteiger partial charge >= 0.3 is 0 Å². The average Bonchev–Trinajstić information content (AvgIpc) is 2.98. The summed E-state index contributed by atoms with van der Waals surface area (Å²) < 4.78 is 0. The van der Waals surface area contributed by atoms with Gasteiger partial charge < -0.3 is 10.2 Å². The first-order chi connectivity index (χ1) is 9.74. The zero-order chi connectivity index (χ0) is 14.4. The van der Waals surface area contributed by atoms with Crippen LogP contribution in [-0.4, -0.2) is 20.1 Å². The molecule has 0 radical (unpaired) electrons. The normalized spacial score (nSPS) is 17.4. The highest BCUT2D eigenvalue weighted by Gasteiger charge is 2.17. The van der Waals surface area contributed by atoms with Crippen LogP contribution in [0.3, 0.4) is 0 Å². The highest BCUT2D eigenvalue weighted by Crippen LogP contribution is 2.27.